The van der Waals surface area contributed by atoms with Crippen molar-refractivity contribution in [1.29, 1.82) is 0 Å². The molecule has 5 nitrogen and oxygen atoms in total. The Labute approximate surface area is 202 Å². The number of aliphatic imine (C=N–C) groups is 2. The minimum Gasteiger partial charge on any atom is -0.507 e. The third-order valence-electron chi connectivity index (χ3n) is 5.48. The predicted molar refractivity (Wildman–Crippen MR) is 142 cm³/mol. The van der Waals surface area contributed by atoms with Crippen LogP contribution in [0.1, 0.15) is 35.1 Å². The molecule has 3 rings (SSSR count). The average molecular weight is 456 g/mol. The summed E-state index contributed by atoms with van der Waals surface area (Å²) in [7, 11) is 0. The van der Waals surface area contributed by atoms with Crippen LogP contribution in [0.5, 0.6) is 11.5 Å². The van der Waals surface area contributed by atoms with Gasteiger partial charge in [0.1, 0.15) is 11.5 Å². The van der Waals surface area contributed by atoms with Crippen molar-refractivity contribution in [2.24, 2.45) is 9.98 Å². The normalized spacial score (nSPS) is 11.6. The van der Waals surface area contributed by atoms with Crippen LogP contribution in [0.4, 0.5) is 0 Å². The summed E-state index contributed by atoms with van der Waals surface area (Å²) in [6.45, 7) is 7.93. The molecule has 3 aromatic carbocycles. The van der Waals surface area contributed by atoms with Crippen LogP contribution in [0, 0.1) is 0 Å². The van der Waals surface area contributed by atoms with Crippen LogP contribution in [-0.2, 0) is 6.54 Å². The van der Waals surface area contributed by atoms with Crippen molar-refractivity contribution in [3.63, 3.8) is 0 Å². The Bertz CT molecular complexity index is 1030. The lowest BCUT2D eigenvalue weighted by Crippen LogP contribution is -2.26. The van der Waals surface area contributed by atoms with E-state index in [-0.39, 0.29) is 11.5 Å². The standard InChI is InChI=1S/C29H33N3O2/c1-2-24-13-15-25(16-14-24)23-32(19-7-17-30-21-26-9-3-5-11-28(26)33)20-8-18-31-22-27-10-4-6-12-29(27)34/h2-6,9-16,21-22,33-34H,1,7-8,17-20,23H2. The van der Waals surface area contributed by atoms with E-state index >= 15 is 0 Å². The van der Waals surface area contributed by atoms with Gasteiger partial charge in [-0.2, -0.15) is 0 Å². The van der Waals surface area contributed by atoms with E-state index < -0.39 is 0 Å². The molecule has 0 aliphatic rings. The van der Waals surface area contributed by atoms with Crippen molar-refractivity contribution in [3.8, 4) is 11.5 Å². The van der Waals surface area contributed by atoms with Crippen LogP contribution >= 0.6 is 0 Å². The summed E-state index contributed by atoms with van der Waals surface area (Å²) >= 11 is 0. The second kappa shape index (κ2) is 13.8. The lowest BCUT2D eigenvalue weighted by Gasteiger charge is -2.22. The number of benzene rings is 3. The van der Waals surface area contributed by atoms with Gasteiger partial charge in [-0.05, 0) is 48.2 Å². The van der Waals surface area contributed by atoms with E-state index in [0.29, 0.717) is 13.1 Å². The molecule has 0 aromatic heterocycles. The molecule has 2 N–H and O–H groups in total. The third-order valence-corrected chi connectivity index (χ3v) is 5.48. The second-order valence-corrected chi connectivity index (χ2v) is 8.12. The Morgan fingerprint density at radius 1 is 0.706 bits per heavy atom. The average Bonchev–Trinajstić information content (AvgIpc) is 2.86. The minimum absolute atomic E-state index is 0.250. The fourth-order valence-corrected chi connectivity index (χ4v) is 3.58. The van der Waals surface area contributed by atoms with Gasteiger partial charge in [0.05, 0.1) is 0 Å². The van der Waals surface area contributed by atoms with E-state index in [2.05, 4.69) is 45.7 Å². The van der Waals surface area contributed by atoms with Gasteiger partial charge in [0.25, 0.3) is 0 Å². The summed E-state index contributed by atoms with van der Waals surface area (Å²) in [5.41, 5.74) is 3.86. The Morgan fingerprint density at radius 3 is 1.68 bits per heavy atom. The summed E-state index contributed by atoms with van der Waals surface area (Å²) in [4.78, 5) is 11.4. The van der Waals surface area contributed by atoms with Crippen LogP contribution in [-0.4, -0.2) is 53.7 Å². The number of aromatic hydroxyl groups is 2. The lowest BCUT2D eigenvalue weighted by molar-refractivity contribution is 0.262. The van der Waals surface area contributed by atoms with Gasteiger partial charge >= 0.3 is 0 Å². The Hall–Kier alpha value is -3.70. The number of hydrogen-bond acceptors (Lipinski definition) is 5. The molecule has 5 heteroatoms. The number of phenolic OH excluding ortho intramolecular Hbond substituents is 2. The molecule has 0 spiro atoms. The summed E-state index contributed by atoms with van der Waals surface area (Å²) in [5.74, 6) is 0.500. The quantitative estimate of drug-likeness (QED) is 0.262. The van der Waals surface area contributed by atoms with E-state index in [0.717, 1.165) is 49.2 Å². The largest absolute Gasteiger partial charge is 0.507 e. The van der Waals surface area contributed by atoms with Gasteiger partial charge in [-0.25, -0.2) is 0 Å². The van der Waals surface area contributed by atoms with Crippen LogP contribution in [0.15, 0.2) is 89.4 Å². The van der Waals surface area contributed by atoms with Gasteiger partial charge in [0.15, 0.2) is 0 Å². The first-order valence-electron chi connectivity index (χ1n) is 11.6. The first-order valence-corrected chi connectivity index (χ1v) is 11.6. The topological polar surface area (TPSA) is 68.4 Å². The summed E-state index contributed by atoms with van der Waals surface area (Å²) in [6.07, 6.45) is 7.18. The monoisotopic (exact) mass is 455 g/mol. The molecule has 0 saturated carbocycles. The predicted octanol–water partition coefficient (Wildman–Crippen LogP) is 5.56. The molecular weight excluding hydrogens is 422 g/mol. The van der Waals surface area contributed by atoms with Gasteiger partial charge < -0.3 is 10.2 Å². The van der Waals surface area contributed by atoms with Crippen LogP contribution < -0.4 is 0 Å². The van der Waals surface area contributed by atoms with Gasteiger partial charge in [-0.1, -0.05) is 61.2 Å². The third kappa shape index (κ3) is 8.34. The summed E-state index contributed by atoms with van der Waals surface area (Å²) in [6, 6.07) is 22.9. The first kappa shape index (κ1) is 24.9. The van der Waals surface area contributed by atoms with Crippen molar-refractivity contribution in [1.82, 2.24) is 4.90 Å². The molecule has 0 fully saturated rings. The Kier molecular flexibility index (Phi) is 10.1. The fraction of sp³-hybridized carbons (Fsp3) is 0.241. The Morgan fingerprint density at radius 2 is 1.21 bits per heavy atom. The summed E-state index contributed by atoms with van der Waals surface area (Å²) in [5, 5.41) is 19.7. The van der Waals surface area contributed by atoms with Crippen molar-refractivity contribution in [3.05, 3.63) is 102 Å². The molecule has 0 unspecified atom stereocenters. The highest BCUT2D eigenvalue weighted by molar-refractivity contribution is 5.83. The van der Waals surface area contributed by atoms with Crippen molar-refractivity contribution >= 4 is 18.5 Å². The minimum atomic E-state index is 0.250. The number of phenols is 2. The zero-order valence-electron chi connectivity index (χ0n) is 19.6. The van der Waals surface area contributed by atoms with Crippen LogP contribution in [0.2, 0.25) is 0 Å². The number of nitrogens with zero attached hydrogens (tertiary/aromatic N) is 3. The smallest absolute Gasteiger partial charge is 0.124 e. The molecule has 34 heavy (non-hydrogen) atoms. The number of hydrogen-bond donors (Lipinski definition) is 2. The highest BCUT2D eigenvalue weighted by Gasteiger charge is 2.06. The first-order chi connectivity index (χ1) is 16.7. The SMILES string of the molecule is C=Cc1ccc(CN(CCCN=Cc2ccccc2O)CCCN=Cc2ccccc2O)cc1. The highest BCUT2D eigenvalue weighted by atomic mass is 16.3. The van der Waals surface area contributed by atoms with Crippen molar-refractivity contribution in [2.45, 2.75) is 19.4 Å². The van der Waals surface area contributed by atoms with Crippen molar-refractivity contribution in [2.75, 3.05) is 26.2 Å². The molecular formula is C29H33N3O2. The molecule has 0 aliphatic heterocycles. The maximum atomic E-state index is 9.85. The van der Waals surface area contributed by atoms with Crippen LogP contribution in [0.25, 0.3) is 6.08 Å². The van der Waals surface area contributed by atoms with E-state index in [1.165, 1.54) is 5.56 Å². The van der Waals surface area contributed by atoms with Crippen LogP contribution in [0.3, 0.4) is 0 Å². The highest BCUT2D eigenvalue weighted by Crippen LogP contribution is 2.14. The number of para-hydroxylation sites is 2. The van der Waals surface area contributed by atoms with Gasteiger partial charge in [0, 0.05) is 56.3 Å². The molecule has 0 heterocycles. The Balaban J connectivity index is 1.51. The molecule has 0 atom stereocenters. The van der Waals surface area contributed by atoms with Crippen molar-refractivity contribution < 1.29 is 10.2 Å². The molecule has 176 valence electrons. The van der Waals surface area contributed by atoms with Gasteiger partial charge in [-0.15, -0.1) is 0 Å². The second-order valence-electron chi connectivity index (χ2n) is 8.12. The fourth-order valence-electron chi connectivity index (χ4n) is 3.58. The zero-order valence-corrected chi connectivity index (χ0v) is 19.6. The van der Waals surface area contributed by atoms with E-state index in [1.54, 1.807) is 36.7 Å². The maximum absolute atomic E-state index is 9.85. The molecule has 3 aromatic rings. The molecule has 0 bridgehead atoms. The summed E-state index contributed by atoms with van der Waals surface area (Å²) < 4.78 is 0. The molecule has 0 aliphatic carbocycles. The van der Waals surface area contributed by atoms with Gasteiger partial charge in [0.2, 0.25) is 0 Å². The molecule has 0 amide bonds. The van der Waals surface area contributed by atoms with Gasteiger partial charge in [-0.3, -0.25) is 14.9 Å². The molecule has 0 radical (unpaired) electrons. The zero-order chi connectivity index (χ0) is 24.0. The molecule has 0 saturated heterocycles. The maximum Gasteiger partial charge on any atom is 0.124 e. The van der Waals surface area contributed by atoms with E-state index in [1.807, 2.05) is 30.3 Å². The number of rotatable bonds is 13. The lowest BCUT2D eigenvalue weighted by atomic mass is 10.1. The van der Waals surface area contributed by atoms with E-state index in [4.69, 9.17) is 0 Å². The van der Waals surface area contributed by atoms with E-state index in [9.17, 15) is 10.2 Å².